The lowest BCUT2D eigenvalue weighted by atomic mass is 10.2. The molecule has 4 heteroatoms. The molecule has 0 aliphatic rings. The van der Waals surface area contributed by atoms with Gasteiger partial charge in [0, 0.05) is 0 Å². The van der Waals surface area contributed by atoms with Gasteiger partial charge in [-0.25, -0.2) is 5.48 Å². The van der Waals surface area contributed by atoms with Gasteiger partial charge in [-0.1, -0.05) is 12.1 Å². The lowest BCUT2D eigenvalue weighted by Crippen LogP contribution is -2.30. The van der Waals surface area contributed by atoms with Crippen LogP contribution >= 0.6 is 0 Å². The van der Waals surface area contributed by atoms with Gasteiger partial charge in [-0.05, 0) is 24.6 Å². The summed E-state index contributed by atoms with van der Waals surface area (Å²) in [6.07, 6.45) is -0.578. The molecule has 0 heterocycles. The first-order chi connectivity index (χ1) is 7.22. The molecule has 4 nitrogen and oxygen atoms in total. The quantitative estimate of drug-likeness (QED) is 0.686. The normalized spacial score (nSPS) is 12.5. The van der Waals surface area contributed by atoms with Crippen LogP contribution in [-0.2, 0) is 4.84 Å². The van der Waals surface area contributed by atoms with Gasteiger partial charge in [0.05, 0.1) is 13.7 Å². The predicted octanol–water partition coefficient (Wildman–Crippen LogP) is 0.886. The first-order valence-corrected chi connectivity index (χ1v) is 4.85. The average molecular weight is 211 g/mol. The first kappa shape index (κ1) is 12.0. The van der Waals surface area contributed by atoms with Gasteiger partial charge >= 0.3 is 0 Å². The van der Waals surface area contributed by atoms with Crippen LogP contribution in [0.4, 0.5) is 0 Å². The fourth-order valence-electron chi connectivity index (χ4n) is 1.14. The van der Waals surface area contributed by atoms with Gasteiger partial charge in [-0.2, -0.15) is 0 Å². The lowest BCUT2D eigenvalue weighted by Gasteiger charge is -2.12. The molecule has 0 aliphatic heterocycles. The number of aryl methyl sites for hydroxylation is 1. The van der Waals surface area contributed by atoms with E-state index < -0.39 is 6.10 Å². The Labute approximate surface area is 89.8 Å². The monoisotopic (exact) mass is 211 g/mol. The first-order valence-electron chi connectivity index (χ1n) is 4.85. The molecule has 15 heavy (non-hydrogen) atoms. The van der Waals surface area contributed by atoms with Crippen LogP contribution in [0.25, 0.3) is 0 Å². The SMILES string of the molecule is CONCC(O)COc1cccc(C)c1. The zero-order valence-corrected chi connectivity index (χ0v) is 9.06. The van der Waals surface area contributed by atoms with Crippen LogP contribution in [0.3, 0.4) is 0 Å². The number of ether oxygens (including phenoxy) is 1. The molecule has 0 aliphatic carbocycles. The van der Waals surface area contributed by atoms with Gasteiger partial charge in [0.1, 0.15) is 18.5 Å². The van der Waals surface area contributed by atoms with E-state index in [9.17, 15) is 5.11 Å². The topological polar surface area (TPSA) is 50.7 Å². The molecule has 0 saturated carbocycles. The minimum Gasteiger partial charge on any atom is -0.491 e. The van der Waals surface area contributed by atoms with Crippen molar-refractivity contribution in [1.29, 1.82) is 0 Å². The summed E-state index contributed by atoms with van der Waals surface area (Å²) in [6, 6.07) is 7.71. The number of aliphatic hydroxyl groups excluding tert-OH is 1. The van der Waals surface area contributed by atoms with Crippen LogP contribution in [-0.4, -0.2) is 31.5 Å². The third kappa shape index (κ3) is 4.78. The van der Waals surface area contributed by atoms with Crippen molar-refractivity contribution in [3.63, 3.8) is 0 Å². The number of rotatable bonds is 6. The van der Waals surface area contributed by atoms with Gasteiger partial charge in [0.25, 0.3) is 0 Å². The standard InChI is InChI=1S/C11H17NO3/c1-9-4-3-5-11(6-9)15-8-10(13)7-12-14-2/h3-6,10,12-13H,7-8H2,1-2H3. The second-order valence-electron chi connectivity index (χ2n) is 3.33. The number of nitrogens with one attached hydrogen (secondary N) is 1. The highest BCUT2D eigenvalue weighted by molar-refractivity contribution is 5.27. The van der Waals surface area contributed by atoms with E-state index in [1.54, 1.807) is 0 Å². The van der Waals surface area contributed by atoms with Crippen molar-refractivity contribution in [1.82, 2.24) is 5.48 Å². The molecule has 0 fully saturated rings. The fraction of sp³-hybridized carbons (Fsp3) is 0.455. The molecule has 1 atom stereocenters. The Morgan fingerprint density at radius 3 is 2.93 bits per heavy atom. The molecular formula is C11H17NO3. The second kappa shape index (κ2) is 6.40. The Balaban J connectivity index is 2.30. The zero-order chi connectivity index (χ0) is 11.1. The minimum absolute atomic E-state index is 0.250. The molecule has 0 amide bonds. The van der Waals surface area contributed by atoms with Crippen LogP contribution < -0.4 is 10.2 Å². The van der Waals surface area contributed by atoms with Crippen molar-refractivity contribution in [2.75, 3.05) is 20.3 Å². The molecule has 1 aromatic rings. The van der Waals surface area contributed by atoms with Crippen LogP contribution in [0.5, 0.6) is 5.75 Å². The van der Waals surface area contributed by atoms with E-state index in [1.807, 2.05) is 31.2 Å². The summed E-state index contributed by atoms with van der Waals surface area (Å²) in [4.78, 5) is 4.62. The molecule has 0 aromatic heterocycles. The van der Waals surface area contributed by atoms with E-state index >= 15 is 0 Å². The van der Waals surface area contributed by atoms with Gasteiger partial charge in [-0.15, -0.1) is 0 Å². The number of aliphatic hydroxyl groups is 1. The van der Waals surface area contributed by atoms with E-state index in [-0.39, 0.29) is 6.61 Å². The summed E-state index contributed by atoms with van der Waals surface area (Å²) in [7, 11) is 1.51. The number of hydrogen-bond acceptors (Lipinski definition) is 4. The van der Waals surface area contributed by atoms with E-state index in [1.165, 1.54) is 7.11 Å². The summed E-state index contributed by atoms with van der Waals surface area (Å²) < 4.78 is 5.40. The molecule has 1 aromatic carbocycles. The van der Waals surface area contributed by atoms with E-state index in [4.69, 9.17) is 4.74 Å². The molecule has 0 bridgehead atoms. The van der Waals surface area contributed by atoms with Crippen molar-refractivity contribution in [2.45, 2.75) is 13.0 Å². The van der Waals surface area contributed by atoms with Gasteiger partial charge in [0.15, 0.2) is 0 Å². The van der Waals surface area contributed by atoms with Crippen LogP contribution in [0.2, 0.25) is 0 Å². The molecule has 1 unspecified atom stereocenters. The summed E-state index contributed by atoms with van der Waals surface area (Å²) in [6.45, 7) is 2.60. The highest BCUT2D eigenvalue weighted by Crippen LogP contribution is 2.12. The molecule has 0 radical (unpaired) electrons. The highest BCUT2D eigenvalue weighted by Gasteiger charge is 2.04. The van der Waals surface area contributed by atoms with Gasteiger partial charge < -0.3 is 14.7 Å². The van der Waals surface area contributed by atoms with E-state index in [0.29, 0.717) is 6.54 Å². The average Bonchev–Trinajstić information content (AvgIpc) is 2.23. The maximum Gasteiger partial charge on any atom is 0.119 e. The van der Waals surface area contributed by atoms with Crippen molar-refractivity contribution in [3.05, 3.63) is 29.8 Å². The third-order valence-corrected chi connectivity index (χ3v) is 1.90. The Morgan fingerprint density at radius 2 is 2.27 bits per heavy atom. The maximum atomic E-state index is 9.44. The van der Waals surface area contributed by atoms with E-state index in [2.05, 4.69) is 10.3 Å². The maximum absolute atomic E-state index is 9.44. The second-order valence-corrected chi connectivity index (χ2v) is 3.33. The van der Waals surface area contributed by atoms with Crippen LogP contribution in [0.1, 0.15) is 5.56 Å². The minimum atomic E-state index is -0.578. The smallest absolute Gasteiger partial charge is 0.119 e. The van der Waals surface area contributed by atoms with Gasteiger partial charge in [-0.3, -0.25) is 0 Å². The summed E-state index contributed by atoms with van der Waals surface area (Å²) in [5.74, 6) is 0.770. The predicted molar refractivity (Wildman–Crippen MR) is 57.7 cm³/mol. The zero-order valence-electron chi connectivity index (χ0n) is 9.06. The van der Waals surface area contributed by atoms with Crippen molar-refractivity contribution < 1.29 is 14.7 Å². The summed E-state index contributed by atoms with van der Waals surface area (Å²) in [5, 5.41) is 9.44. The molecule has 0 saturated heterocycles. The fourth-order valence-corrected chi connectivity index (χ4v) is 1.14. The third-order valence-electron chi connectivity index (χ3n) is 1.90. The van der Waals surface area contributed by atoms with Crippen LogP contribution in [0, 0.1) is 6.92 Å². The number of hydroxylamine groups is 1. The Kier molecular flexibility index (Phi) is 5.10. The molecule has 0 spiro atoms. The van der Waals surface area contributed by atoms with Crippen molar-refractivity contribution in [3.8, 4) is 5.75 Å². The van der Waals surface area contributed by atoms with Crippen LogP contribution in [0.15, 0.2) is 24.3 Å². The van der Waals surface area contributed by atoms with Crippen molar-refractivity contribution >= 4 is 0 Å². The summed E-state index contributed by atoms with van der Waals surface area (Å²) in [5.41, 5.74) is 3.70. The Hall–Kier alpha value is -1.10. The summed E-state index contributed by atoms with van der Waals surface area (Å²) >= 11 is 0. The Morgan fingerprint density at radius 1 is 1.47 bits per heavy atom. The molecule has 1 rings (SSSR count). The highest BCUT2D eigenvalue weighted by atomic mass is 16.6. The largest absolute Gasteiger partial charge is 0.491 e. The number of benzene rings is 1. The van der Waals surface area contributed by atoms with E-state index in [0.717, 1.165) is 11.3 Å². The van der Waals surface area contributed by atoms with Crippen molar-refractivity contribution in [2.24, 2.45) is 0 Å². The molecule has 2 N–H and O–H groups in total. The molecular weight excluding hydrogens is 194 g/mol. The van der Waals surface area contributed by atoms with Gasteiger partial charge in [0.2, 0.25) is 0 Å². The number of hydrogen-bond donors (Lipinski definition) is 2. The Bertz CT molecular complexity index is 291. The molecule has 84 valence electrons. The lowest BCUT2D eigenvalue weighted by molar-refractivity contribution is 0.0322.